The minimum absolute atomic E-state index is 0.0423. The molecule has 180 valence electrons. The van der Waals surface area contributed by atoms with Gasteiger partial charge in [0.1, 0.15) is 5.75 Å². The molecular formula is C28H40N2O3. The van der Waals surface area contributed by atoms with Gasteiger partial charge in [0.15, 0.2) is 0 Å². The van der Waals surface area contributed by atoms with Crippen LogP contribution in [0.25, 0.3) is 0 Å². The van der Waals surface area contributed by atoms with Crippen LogP contribution in [0, 0.1) is 19.3 Å². The number of hydrogen-bond donors (Lipinski definition) is 3. The number of anilines is 1. The Hall–Kier alpha value is -2.53. The van der Waals surface area contributed by atoms with Gasteiger partial charge in [0, 0.05) is 36.3 Å². The van der Waals surface area contributed by atoms with Gasteiger partial charge in [-0.2, -0.15) is 0 Å². The Balaban J connectivity index is 1.82. The minimum atomic E-state index is -0.729. The van der Waals surface area contributed by atoms with E-state index in [9.17, 15) is 15.0 Å². The summed E-state index contributed by atoms with van der Waals surface area (Å²) in [5.41, 5.74) is 5.58. The van der Waals surface area contributed by atoms with Crippen molar-refractivity contribution in [3.05, 3.63) is 58.1 Å². The van der Waals surface area contributed by atoms with E-state index in [1.807, 2.05) is 13.8 Å². The molecule has 0 radical (unpaired) electrons. The van der Waals surface area contributed by atoms with Crippen LogP contribution in [-0.2, 0) is 6.42 Å². The summed E-state index contributed by atoms with van der Waals surface area (Å²) in [6, 6.07) is 8.70. The third-order valence-electron chi connectivity index (χ3n) is 6.97. The highest BCUT2D eigenvalue weighted by Gasteiger charge is 2.36. The number of carbonyl (C=O) groups is 1. The summed E-state index contributed by atoms with van der Waals surface area (Å²) >= 11 is 0. The zero-order valence-corrected chi connectivity index (χ0v) is 20.9. The number of para-hydroxylation sites is 1. The zero-order chi connectivity index (χ0) is 24.2. The predicted molar refractivity (Wildman–Crippen MR) is 135 cm³/mol. The largest absolute Gasteiger partial charge is 0.507 e. The number of phenolic OH excluding ortho intramolecular Hbond substituents is 1. The van der Waals surface area contributed by atoms with Crippen molar-refractivity contribution in [2.75, 3.05) is 24.5 Å². The number of nitrogens with zero attached hydrogens (tertiary/aromatic N) is 1. The number of aryl methyl sites for hydroxylation is 2. The summed E-state index contributed by atoms with van der Waals surface area (Å²) < 4.78 is 0. The quantitative estimate of drug-likeness (QED) is 0.420. The highest BCUT2D eigenvalue weighted by atomic mass is 16.3. The first-order valence-corrected chi connectivity index (χ1v) is 12.3. The molecule has 5 nitrogen and oxygen atoms in total. The number of rotatable bonds is 10. The van der Waals surface area contributed by atoms with E-state index in [2.05, 4.69) is 37.1 Å². The van der Waals surface area contributed by atoms with Gasteiger partial charge >= 0.3 is 0 Å². The van der Waals surface area contributed by atoms with Crippen molar-refractivity contribution < 1.29 is 15.0 Å². The molecule has 2 aromatic rings. The fourth-order valence-electron chi connectivity index (χ4n) is 4.92. The molecule has 33 heavy (non-hydrogen) atoms. The number of benzene rings is 2. The van der Waals surface area contributed by atoms with Crippen LogP contribution < -0.4 is 10.2 Å². The molecule has 0 spiro atoms. The topological polar surface area (TPSA) is 72.8 Å². The number of phenols is 1. The molecule has 0 fully saturated rings. The Morgan fingerprint density at radius 1 is 1.15 bits per heavy atom. The summed E-state index contributed by atoms with van der Waals surface area (Å²) in [7, 11) is 0. The molecule has 3 rings (SSSR count). The van der Waals surface area contributed by atoms with Crippen molar-refractivity contribution in [2.45, 2.75) is 72.8 Å². The fraction of sp³-hybridized carbons (Fsp3) is 0.536. The molecule has 1 unspecified atom stereocenters. The van der Waals surface area contributed by atoms with Crippen LogP contribution in [0.3, 0.4) is 0 Å². The molecule has 0 bridgehead atoms. The summed E-state index contributed by atoms with van der Waals surface area (Å²) in [4.78, 5) is 15.1. The van der Waals surface area contributed by atoms with E-state index in [1.165, 1.54) is 42.1 Å². The number of aromatic hydroxyl groups is 1. The number of aliphatic hydroxyl groups is 1. The normalized spacial score (nSPS) is 14.3. The van der Waals surface area contributed by atoms with E-state index in [4.69, 9.17) is 0 Å². The van der Waals surface area contributed by atoms with Gasteiger partial charge in [-0.1, -0.05) is 58.2 Å². The first-order valence-electron chi connectivity index (χ1n) is 12.3. The Kier molecular flexibility index (Phi) is 8.06. The summed E-state index contributed by atoms with van der Waals surface area (Å²) in [5.74, 6) is -0.379. The van der Waals surface area contributed by atoms with E-state index < -0.39 is 11.5 Å². The van der Waals surface area contributed by atoms with Gasteiger partial charge in [0.2, 0.25) is 0 Å². The molecule has 2 aromatic carbocycles. The van der Waals surface area contributed by atoms with Crippen LogP contribution in [0.1, 0.15) is 85.2 Å². The molecule has 0 aromatic heterocycles. The molecule has 0 aliphatic carbocycles. The van der Waals surface area contributed by atoms with Crippen molar-refractivity contribution >= 4 is 11.6 Å². The monoisotopic (exact) mass is 452 g/mol. The second-order valence-corrected chi connectivity index (χ2v) is 10.1. The van der Waals surface area contributed by atoms with E-state index in [0.717, 1.165) is 37.1 Å². The van der Waals surface area contributed by atoms with Crippen molar-refractivity contribution in [3.63, 3.8) is 0 Å². The van der Waals surface area contributed by atoms with Crippen molar-refractivity contribution in [1.29, 1.82) is 0 Å². The van der Waals surface area contributed by atoms with Gasteiger partial charge in [-0.15, -0.1) is 0 Å². The predicted octanol–water partition coefficient (Wildman–Crippen LogP) is 5.44. The van der Waals surface area contributed by atoms with E-state index in [-0.39, 0.29) is 17.2 Å². The summed E-state index contributed by atoms with van der Waals surface area (Å²) in [5, 5.41) is 24.5. The highest BCUT2D eigenvalue weighted by molar-refractivity contribution is 5.96. The first-order chi connectivity index (χ1) is 15.7. The average Bonchev–Trinajstić information content (AvgIpc) is 3.19. The van der Waals surface area contributed by atoms with Crippen LogP contribution in [-0.4, -0.2) is 35.8 Å². The first kappa shape index (κ1) is 25.1. The van der Waals surface area contributed by atoms with Crippen molar-refractivity contribution in [2.24, 2.45) is 5.41 Å². The average molecular weight is 453 g/mol. The Morgan fingerprint density at radius 2 is 1.88 bits per heavy atom. The lowest BCUT2D eigenvalue weighted by molar-refractivity contribution is 0.0473. The lowest BCUT2D eigenvalue weighted by Crippen LogP contribution is -2.38. The number of amides is 1. The summed E-state index contributed by atoms with van der Waals surface area (Å²) in [6.45, 7) is 12.7. The maximum absolute atomic E-state index is 12.6. The molecule has 1 heterocycles. The number of hydrogen-bond acceptors (Lipinski definition) is 4. The van der Waals surface area contributed by atoms with Crippen LogP contribution in [0.2, 0.25) is 0 Å². The Labute approximate surface area is 198 Å². The number of aliphatic hydroxyl groups excluding tert-OH is 1. The van der Waals surface area contributed by atoms with Crippen molar-refractivity contribution in [1.82, 2.24) is 5.32 Å². The molecule has 3 N–H and O–H groups in total. The SMILES string of the molecule is CCCCCCN1CCc2c(C)cc(C)c(C(O)C(C)(C)CNC(=O)c3ccccc3O)c21. The highest BCUT2D eigenvalue weighted by Crippen LogP contribution is 2.45. The second kappa shape index (κ2) is 10.6. The number of unbranched alkanes of at least 4 members (excludes halogenated alkanes) is 3. The van der Waals surface area contributed by atoms with Gasteiger partial charge in [0.25, 0.3) is 5.91 Å². The second-order valence-electron chi connectivity index (χ2n) is 10.1. The van der Waals surface area contributed by atoms with Crippen LogP contribution >= 0.6 is 0 Å². The zero-order valence-electron chi connectivity index (χ0n) is 20.9. The summed E-state index contributed by atoms with van der Waals surface area (Å²) in [6.07, 6.45) is 5.16. The lowest BCUT2D eigenvalue weighted by atomic mass is 9.79. The molecule has 0 saturated heterocycles. The van der Waals surface area contributed by atoms with Crippen LogP contribution in [0.5, 0.6) is 5.75 Å². The molecule has 1 aliphatic heterocycles. The fourth-order valence-corrected chi connectivity index (χ4v) is 4.92. The maximum atomic E-state index is 12.6. The van der Waals surface area contributed by atoms with Crippen LogP contribution in [0.15, 0.2) is 30.3 Å². The third kappa shape index (κ3) is 5.52. The van der Waals surface area contributed by atoms with Gasteiger partial charge < -0.3 is 20.4 Å². The maximum Gasteiger partial charge on any atom is 0.255 e. The van der Waals surface area contributed by atoms with E-state index in [0.29, 0.717) is 6.54 Å². The molecule has 5 heteroatoms. The molecule has 1 aliphatic rings. The molecular weight excluding hydrogens is 412 g/mol. The number of nitrogens with one attached hydrogen (secondary N) is 1. The number of carbonyl (C=O) groups excluding carboxylic acids is 1. The lowest BCUT2D eigenvalue weighted by Gasteiger charge is -2.35. The standard InChI is InChI=1S/C28H40N2O3/c1-6-7-8-11-15-30-16-14-21-19(2)17-20(3)24(25(21)30)26(32)28(4,5)18-29-27(33)22-12-9-10-13-23(22)31/h9-10,12-13,17,26,31-32H,6-8,11,14-16,18H2,1-5H3,(H,29,33). The molecule has 1 amide bonds. The minimum Gasteiger partial charge on any atom is -0.507 e. The molecule has 0 saturated carbocycles. The van der Waals surface area contributed by atoms with Gasteiger partial charge in [-0.25, -0.2) is 0 Å². The van der Waals surface area contributed by atoms with E-state index in [1.54, 1.807) is 18.2 Å². The number of fused-ring (bicyclic) bond motifs is 1. The Bertz CT molecular complexity index is 983. The Morgan fingerprint density at radius 3 is 2.58 bits per heavy atom. The van der Waals surface area contributed by atoms with Crippen LogP contribution in [0.4, 0.5) is 5.69 Å². The van der Waals surface area contributed by atoms with Gasteiger partial charge in [-0.3, -0.25) is 4.79 Å². The van der Waals surface area contributed by atoms with Gasteiger partial charge in [0.05, 0.1) is 11.7 Å². The molecule has 1 atom stereocenters. The van der Waals surface area contributed by atoms with E-state index >= 15 is 0 Å². The smallest absolute Gasteiger partial charge is 0.255 e. The van der Waals surface area contributed by atoms with Crippen molar-refractivity contribution in [3.8, 4) is 5.75 Å². The third-order valence-corrected chi connectivity index (χ3v) is 6.97. The van der Waals surface area contributed by atoms with Gasteiger partial charge in [-0.05, 0) is 55.5 Å².